The third kappa shape index (κ3) is 8.77. The highest BCUT2D eigenvalue weighted by atomic mass is 19.1. The van der Waals surface area contributed by atoms with E-state index in [0.717, 1.165) is 51.6 Å². The number of hydrogen-bond acceptors (Lipinski definition) is 7. The molecule has 3 fully saturated rings. The van der Waals surface area contributed by atoms with Crippen LogP contribution in [0.4, 0.5) is 9.18 Å². The minimum absolute atomic E-state index is 0.0363. The molecule has 256 valence electrons. The molecule has 0 spiro atoms. The summed E-state index contributed by atoms with van der Waals surface area (Å²) in [6.45, 7) is 8.90. The Morgan fingerprint density at radius 1 is 1.00 bits per heavy atom. The molecule has 1 saturated heterocycles. The van der Waals surface area contributed by atoms with Crippen LogP contribution < -0.4 is 10.6 Å². The lowest BCUT2D eigenvalue weighted by atomic mass is 9.77. The second-order valence-corrected chi connectivity index (χ2v) is 13.6. The molecule has 5 rings (SSSR count). The molecule has 1 aromatic carbocycles. The first-order valence-electron chi connectivity index (χ1n) is 17.1. The second-order valence-electron chi connectivity index (χ2n) is 13.6. The van der Waals surface area contributed by atoms with Gasteiger partial charge in [0.25, 0.3) is 5.91 Å². The molecule has 3 aliphatic rings. The van der Waals surface area contributed by atoms with E-state index in [9.17, 15) is 19.2 Å². The van der Waals surface area contributed by atoms with Crippen molar-refractivity contribution in [3.05, 3.63) is 53.1 Å². The summed E-state index contributed by atoms with van der Waals surface area (Å²) in [5, 5.41) is 9.92. The van der Waals surface area contributed by atoms with Crippen molar-refractivity contribution in [1.29, 1.82) is 0 Å². The fourth-order valence-corrected chi connectivity index (χ4v) is 6.68. The summed E-state index contributed by atoms with van der Waals surface area (Å²) in [7, 11) is 2.00. The van der Waals surface area contributed by atoms with E-state index in [2.05, 4.69) is 27.6 Å². The summed E-state index contributed by atoms with van der Waals surface area (Å²) in [5.74, 6) is -1.45. The van der Waals surface area contributed by atoms with Gasteiger partial charge in [-0.25, -0.2) is 9.18 Å². The van der Waals surface area contributed by atoms with Gasteiger partial charge in [-0.2, -0.15) is 5.10 Å². The van der Waals surface area contributed by atoms with Crippen molar-refractivity contribution in [3.8, 4) is 0 Å². The van der Waals surface area contributed by atoms with Crippen molar-refractivity contribution in [3.63, 3.8) is 0 Å². The number of nitrogens with zero attached hydrogens (tertiary/aromatic N) is 4. The molecule has 0 radical (unpaired) electrons. The van der Waals surface area contributed by atoms with E-state index in [1.54, 1.807) is 40.9 Å². The van der Waals surface area contributed by atoms with Gasteiger partial charge in [-0.15, -0.1) is 0 Å². The molecular formula is C35H49FN6O5. The summed E-state index contributed by atoms with van der Waals surface area (Å²) >= 11 is 0. The number of ketones is 1. The van der Waals surface area contributed by atoms with E-state index >= 15 is 4.39 Å². The standard InChI is InChI=1S/C35H49FN6O5/c1-5-42-29(14-15-37-42)33(44)38-32(24-8-6-22(2)7-9-24)30(43)21-26-11-10-25(20-28(26)36)23(3)31(39-35(46)47-27-12-13-27)34(45)41-18-16-40(4)17-19-41/h10-11,14-15,20,22-24,27,31-32H,5-9,12-13,16-19,21H2,1-4H3,(H,38,44)(H,39,46)/t22?,23-,24?,31+,32-/m0/s1. The predicted molar refractivity (Wildman–Crippen MR) is 174 cm³/mol. The van der Waals surface area contributed by atoms with Crippen molar-refractivity contribution in [1.82, 2.24) is 30.2 Å². The number of rotatable bonds is 12. The zero-order valence-electron chi connectivity index (χ0n) is 28.0. The van der Waals surface area contributed by atoms with Gasteiger partial charge in [-0.05, 0) is 74.8 Å². The number of Topliss-reactive ketones (excluding diaryl/α,β-unsaturated/α-hetero) is 1. The first-order valence-corrected chi connectivity index (χ1v) is 17.1. The average molecular weight is 653 g/mol. The van der Waals surface area contributed by atoms with E-state index < -0.39 is 29.9 Å². The van der Waals surface area contributed by atoms with Crippen molar-refractivity contribution < 1.29 is 28.3 Å². The maximum absolute atomic E-state index is 15.8. The molecule has 2 N–H and O–H groups in total. The van der Waals surface area contributed by atoms with Crippen LogP contribution in [0.3, 0.4) is 0 Å². The van der Waals surface area contributed by atoms with Gasteiger partial charge in [0.2, 0.25) is 5.91 Å². The third-order valence-electron chi connectivity index (χ3n) is 10.0. The van der Waals surface area contributed by atoms with Gasteiger partial charge >= 0.3 is 6.09 Å². The molecule has 0 bridgehead atoms. The van der Waals surface area contributed by atoms with Crippen molar-refractivity contribution in [2.24, 2.45) is 11.8 Å². The Bertz CT molecular complexity index is 1430. The number of piperazine rings is 1. The van der Waals surface area contributed by atoms with Gasteiger partial charge in [0.1, 0.15) is 23.7 Å². The molecule has 11 nitrogen and oxygen atoms in total. The molecule has 3 amide bonds. The van der Waals surface area contributed by atoms with Crippen LogP contribution >= 0.6 is 0 Å². The molecule has 3 atom stereocenters. The Labute approximate surface area is 276 Å². The van der Waals surface area contributed by atoms with Gasteiger partial charge in [0.15, 0.2) is 5.78 Å². The zero-order chi connectivity index (χ0) is 33.7. The number of carbonyl (C=O) groups excluding carboxylic acids is 4. The number of aromatic nitrogens is 2. The van der Waals surface area contributed by atoms with Crippen molar-refractivity contribution >= 4 is 23.7 Å². The molecule has 0 unspecified atom stereocenters. The van der Waals surface area contributed by atoms with Crippen LogP contribution in [-0.4, -0.2) is 94.7 Å². The summed E-state index contributed by atoms with van der Waals surface area (Å²) in [6.07, 6.45) is 5.76. The van der Waals surface area contributed by atoms with Gasteiger partial charge in [0.05, 0.1) is 6.04 Å². The minimum Gasteiger partial charge on any atom is -0.446 e. The highest BCUT2D eigenvalue weighted by molar-refractivity contribution is 5.97. The van der Waals surface area contributed by atoms with Crippen LogP contribution in [0.15, 0.2) is 30.5 Å². The maximum Gasteiger partial charge on any atom is 0.408 e. The van der Waals surface area contributed by atoms with E-state index in [1.165, 1.54) is 6.07 Å². The summed E-state index contributed by atoms with van der Waals surface area (Å²) in [4.78, 5) is 57.3. The summed E-state index contributed by atoms with van der Waals surface area (Å²) < 4.78 is 22.7. The second kappa shape index (κ2) is 15.4. The number of likely N-dealkylation sites (N-methyl/N-ethyl adjacent to an activating group) is 1. The van der Waals surface area contributed by atoms with Crippen LogP contribution in [-0.2, 0) is 27.3 Å². The summed E-state index contributed by atoms with van der Waals surface area (Å²) in [5.41, 5.74) is 1.13. The molecule has 47 heavy (non-hydrogen) atoms. The number of hydrogen-bond donors (Lipinski definition) is 2. The molecule has 1 aromatic heterocycles. The largest absolute Gasteiger partial charge is 0.446 e. The normalized spacial score (nSPS) is 22.2. The van der Waals surface area contributed by atoms with Gasteiger partial charge < -0.3 is 25.2 Å². The van der Waals surface area contributed by atoms with Crippen LogP contribution in [0.25, 0.3) is 0 Å². The fraction of sp³-hybridized carbons (Fsp3) is 0.629. The number of nitrogens with one attached hydrogen (secondary N) is 2. The van der Waals surface area contributed by atoms with E-state index in [1.807, 2.05) is 14.0 Å². The number of amides is 3. The highest BCUT2D eigenvalue weighted by Gasteiger charge is 2.36. The topological polar surface area (TPSA) is 126 Å². The van der Waals surface area contributed by atoms with Crippen LogP contribution in [0.2, 0.25) is 0 Å². The summed E-state index contributed by atoms with van der Waals surface area (Å²) in [6, 6.07) is 4.57. The molecule has 1 aliphatic heterocycles. The molecular weight excluding hydrogens is 603 g/mol. The number of alkyl carbamates (subject to hydrolysis) is 1. The quantitative estimate of drug-likeness (QED) is 0.356. The van der Waals surface area contributed by atoms with Gasteiger partial charge in [-0.3, -0.25) is 19.1 Å². The Kier molecular flexibility index (Phi) is 11.3. The highest BCUT2D eigenvalue weighted by Crippen LogP contribution is 2.32. The Morgan fingerprint density at radius 2 is 1.70 bits per heavy atom. The monoisotopic (exact) mass is 652 g/mol. The molecule has 12 heteroatoms. The first-order chi connectivity index (χ1) is 22.5. The smallest absolute Gasteiger partial charge is 0.408 e. The molecule has 2 aromatic rings. The first kappa shape index (κ1) is 34.5. The zero-order valence-corrected chi connectivity index (χ0v) is 28.0. The lowest BCUT2D eigenvalue weighted by Crippen LogP contribution is -2.55. The third-order valence-corrected chi connectivity index (χ3v) is 10.0. The maximum atomic E-state index is 15.8. The predicted octanol–water partition coefficient (Wildman–Crippen LogP) is 3.91. The SMILES string of the molecule is CCn1nccc1C(=O)N[C@H](C(=O)Cc1ccc([C@H](C)[C@@H](NC(=O)OC2CC2)C(=O)N2CCN(C)CC2)cc1F)C1CCC(C)CC1. The lowest BCUT2D eigenvalue weighted by Gasteiger charge is -2.36. The van der Waals surface area contributed by atoms with Crippen LogP contribution in [0, 0.1) is 17.7 Å². The van der Waals surface area contributed by atoms with Crippen molar-refractivity contribution in [2.45, 2.75) is 96.4 Å². The van der Waals surface area contributed by atoms with E-state index in [0.29, 0.717) is 36.8 Å². The minimum atomic E-state index is -0.943. The number of benzene rings is 1. The number of aryl methyl sites for hydroxylation is 1. The lowest BCUT2D eigenvalue weighted by molar-refractivity contribution is -0.135. The number of ether oxygens (including phenoxy) is 1. The Balaban J connectivity index is 1.31. The van der Waals surface area contributed by atoms with E-state index in [-0.39, 0.29) is 41.6 Å². The number of halogens is 1. The molecule has 2 aliphatic carbocycles. The van der Waals surface area contributed by atoms with Gasteiger partial charge in [0, 0.05) is 51.3 Å². The van der Waals surface area contributed by atoms with Crippen molar-refractivity contribution in [2.75, 3.05) is 33.2 Å². The molecule has 2 saturated carbocycles. The Morgan fingerprint density at radius 3 is 2.34 bits per heavy atom. The molecule has 2 heterocycles. The van der Waals surface area contributed by atoms with E-state index in [4.69, 9.17) is 4.74 Å². The fourth-order valence-electron chi connectivity index (χ4n) is 6.68. The Hall–Kier alpha value is -3.80. The van der Waals surface area contributed by atoms with Crippen LogP contribution in [0.1, 0.15) is 86.8 Å². The average Bonchev–Trinajstić information content (AvgIpc) is 3.74. The van der Waals surface area contributed by atoms with Gasteiger partial charge in [-0.1, -0.05) is 38.8 Å². The number of carbonyl (C=O) groups is 4. The van der Waals surface area contributed by atoms with Crippen LogP contribution in [0.5, 0.6) is 0 Å².